The highest BCUT2D eigenvalue weighted by atomic mass is 19.1. The number of rotatable bonds is 6. The second-order valence-corrected chi connectivity index (χ2v) is 4.57. The van der Waals surface area contributed by atoms with Crippen molar-refractivity contribution < 1.29 is 9.50 Å². The molecule has 0 aliphatic heterocycles. The van der Waals surface area contributed by atoms with Crippen molar-refractivity contribution >= 4 is 0 Å². The van der Waals surface area contributed by atoms with Crippen LogP contribution < -0.4 is 5.32 Å². The number of aliphatic hydroxyl groups excluding tert-OH is 1. The minimum Gasteiger partial charge on any atom is -0.387 e. The van der Waals surface area contributed by atoms with Crippen LogP contribution in [0.1, 0.15) is 18.6 Å². The second kappa shape index (κ2) is 6.45. The number of hydrogen-bond donors (Lipinski definition) is 2. The van der Waals surface area contributed by atoms with Gasteiger partial charge >= 0.3 is 0 Å². The van der Waals surface area contributed by atoms with Crippen molar-refractivity contribution in [2.75, 3.05) is 6.54 Å². The molecule has 2 unspecified atom stereocenters. The predicted molar refractivity (Wildman–Crippen MR) is 71.1 cm³/mol. The fourth-order valence-corrected chi connectivity index (χ4v) is 1.92. The first kappa shape index (κ1) is 13.7. The summed E-state index contributed by atoms with van der Waals surface area (Å²) in [5.74, 6) is -0.378. The van der Waals surface area contributed by atoms with Gasteiger partial charge in [-0.1, -0.05) is 18.2 Å². The first-order valence-electron chi connectivity index (χ1n) is 6.30. The number of nitrogens with zero attached hydrogens (tertiary/aromatic N) is 2. The maximum Gasteiger partial charge on any atom is 0.129 e. The van der Waals surface area contributed by atoms with E-state index in [-0.39, 0.29) is 11.9 Å². The van der Waals surface area contributed by atoms with Gasteiger partial charge < -0.3 is 10.4 Å². The van der Waals surface area contributed by atoms with Crippen molar-refractivity contribution in [2.45, 2.75) is 25.6 Å². The summed E-state index contributed by atoms with van der Waals surface area (Å²) in [5, 5.41) is 17.2. The molecule has 0 aliphatic rings. The van der Waals surface area contributed by atoms with E-state index >= 15 is 0 Å². The Morgan fingerprint density at radius 2 is 2.16 bits per heavy atom. The van der Waals surface area contributed by atoms with Gasteiger partial charge in [-0.05, 0) is 19.1 Å². The Balaban J connectivity index is 1.83. The molecule has 0 saturated heterocycles. The molecule has 2 aromatic rings. The Labute approximate surface area is 111 Å². The number of aromatic nitrogens is 2. The molecule has 1 aromatic heterocycles. The normalized spacial score (nSPS) is 14.3. The van der Waals surface area contributed by atoms with Crippen LogP contribution in [0.25, 0.3) is 0 Å². The van der Waals surface area contributed by atoms with E-state index in [4.69, 9.17) is 0 Å². The molecule has 0 bridgehead atoms. The summed E-state index contributed by atoms with van der Waals surface area (Å²) >= 11 is 0. The van der Waals surface area contributed by atoms with Crippen LogP contribution in [0.5, 0.6) is 0 Å². The maximum absolute atomic E-state index is 13.5. The lowest BCUT2D eigenvalue weighted by Gasteiger charge is -2.17. The number of hydrogen-bond acceptors (Lipinski definition) is 3. The van der Waals surface area contributed by atoms with Gasteiger partial charge in [0.15, 0.2) is 0 Å². The summed E-state index contributed by atoms with van der Waals surface area (Å²) < 4.78 is 15.3. The average Bonchev–Trinajstić information content (AvgIpc) is 2.89. The van der Waals surface area contributed by atoms with Crippen molar-refractivity contribution in [1.29, 1.82) is 0 Å². The largest absolute Gasteiger partial charge is 0.387 e. The van der Waals surface area contributed by atoms with Gasteiger partial charge in [-0.3, -0.25) is 4.68 Å². The number of halogens is 1. The standard InChI is InChI=1S/C14H18FN3O/c1-11(10-18-8-4-7-17-18)16-9-14(19)12-5-2-3-6-13(12)15/h2-8,11,14,16,19H,9-10H2,1H3. The van der Waals surface area contributed by atoms with Crippen LogP contribution in [-0.2, 0) is 6.54 Å². The van der Waals surface area contributed by atoms with Crippen molar-refractivity contribution in [3.05, 3.63) is 54.1 Å². The molecule has 0 aliphatic carbocycles. The molecule has 2 N–H and O–H groups in total. The third kappa shape index (κ3) is 3.87. The van der Waals surface area contributed by atoms with Crippen molar-refractivity contribution in [2.24, 2.45) is 0 Å². The number of nitrogens with one attached hydrogen (secondary N) is 1. The Morgan fingerprint density at radius 1 is 1.37 bits per heavy atom. The highest BCUT2D eigenvalue weighted by Gasteiger charge is 2.13. The second-order valence-electron chi connectivity index (χ2n) is 4.57. The van der Waals surface area contributed by atoms with Crippen LogP contribution in [0.15, 0.2) is 42.7 Å². The van der Waals surface area contributed by atoms with Crippen LogP contribution in [0, 0.1) is 5.82 Å². The summed E-state index contributed by atoms with van der Waals surface area (Å²) in [4.78, 5) is 0. The third-order valence-electron chi connectivity index (χ3n) is 2.94. The Bertz CT molecular complexity index is 501. The SMILES string of the molecule is CC(Cn1cccn1)NCC(O)c1ccccc1F. The zero-order valence-corrected chi connectivity index (χ0v) is 10.8. The Hall–Kier alpha value is -1.72. The van der Waals surface area contributed by atoms with E-state index < -0.39 is 6.10 Å². The van der Waals surface area contributed by atoms with E-state index in [1.807, 2.05) is 23.9 Å². The monoisotopic (exact) mass is 263 g/mol. The van der Waals surface area contributed by atoms with E-state index in [0.717, 1.165) is 0 Å². The van der Waals surface area contributed by atoms with E-state index in [1.54, 1.807) is 24.4 Å². The van der Waals surface area contributed by atoms with Crippen LogP contribution >= 0.6 is 0 Å². The van der Waals surface area contributed by atoms with Gasteiger partial charge in [0.25, 0.3) is 0 Å². The molecular formula is C14H18FN3O. The zero-order chi connectivity index (χ0) is 13.7. The molecule has 1 heterocycles. The zero-order valence-electron chi connectivity index (χ0n) is 10.8. The maximum atomic E-state index is 13.5. The van der Waals surface area contributed by atoms with Crippen LogP contribution in [-0.4, -0.2) is 27.5 Å². The highest BCUT2D eigenvalue weighted by Crippen LogP contribution is 2.15. The lowest BCUT2D eigenvalue weighted by molar-refractivity contribution is 0.164. The van der Waals surface area contributed by atoms with Gasteiger partial charge in [0.05, 0.1) is 12.6 Å². The molecule has 4 nitrogen and oxygen atoms in total. The molecular weight excluding hydrogens is 245 g/mol. The highest BCUT2D eigenvalue weighted by molar-refractivity contribution is 5.19. The fraction of sp³-hybridized carbons (Fsp3) is 0.357. The molecule has 0 fully saturated rings. The lowest BCUT2D eigenvalue weighted by atomic mass is 10.1. The van der Waals surface area contributed by atoms with Gasteiger partial charge in [0, 0.05) is 30.5 Å². The predicted octanol–water partition coefficient (Wildman–Crippen LogP) is 1.73. The summed E-state index contributed by atoms with van der Waals surface area (Å²) in [6.45, 7) is 3.01. The molecule has 5 heteroatoms. The molecule has 19 heavy (non-hydrogen) atoms. The molecule has 2 atom stereocenters. The molecule has 2 rings (SSSR count). The van der Waals surface area contributed by atoms with E-state index in [0.29, 0.717) is 18.7 Å². The molecule has 102 valence electrons. The Morgan fingerprint density at radius 3 is 2.84 bits per heavy atom. The van der Waals surface area contributed by atoms with Crippen LogP contribution in [0.3, 0.4) is 0 Å². The lowest BCUT2D eigenvalue weighted by Crippen LogP contribution is -2.34. The van der Waals surface area contributed by atoms with Crippen molar-refractivity contribution in [3.63, 3.8) is 0 Å². The third-order valence-corrected chi connectivity index (χ3v) is 2.94. The fourth-order valence-electron chi connectivity index (χ4n) is 1.92. The smallest absolute Gasteiger partial charge is 0.129 e. The summed E-state index contributed by atoms with van der Waals surface area (Å²) in [5.41, 5.74) is 0.321. The van der Waals surface area contributed by atoms with Gasteiger partial charge in [-0.2, -0.15) is 5.10 Å². The van der Waals surface area contributed by atoms with Crippen molar-refractivity contribution in [1.82, 2.24) is 15.1 Å². The topological polar surface area (TPSA) is 50.1 Å². The van der Waals surface area contributed by atoms with E-state index in [1.165, 1.54) is 6.07 Å². The summed E-state index contributed by atoms with van der Waals surface area (Å²) in [6.07, 6.45) is 2.76. The van der Waals surface area contributed by atoms with Gasteiger partial charge in [0.2, 0.25) is 0 Å². The number of aliphatic hydroxyl groups is 1. The van der Waals surface area contributed by atoms with Gasteiger partial charge in [-0.25, -0.2) is 4.39 Å². The molecule has 0 saturated carbocycles. The van der Waals surface area contributed by atoms with Crippen LogP contribution in [0.4, 0.5) is 4.39 Å². The Kier molecular flexibility index (Phi) is 4.65. The minimum absolute atomic E-state index is 0.140. The first-order valence-corrected chi connectivity index (χ1v) is 6.30. The van der Waals surface area contributed by atoms with Crippen molar-refractivity contribution in [3.8, 4) is 0 Å². The molecule has 1 aromatic carbocycles. The molecule has 0 spiro atoms. The van der Waals surface area contributed by atoms with E-state index in [9.17, 15) is 9.50 Å². The van der Waals surface area contributed by atoms with Gasteiger partial charge in [-0.15, -0.1) is 0 Å². The summed E-state index contributed by atoms with van der Waals surface area (Å²) in [7, 11) is 0. The number of benzene rings is 1. The van der Waals surface area contributed by atoms with E-state index in [2.05, 4.69) is 10.4 Å². The summed E-state index contributed by atoms with van der Waals surface area (Å²) in [6, 6.07) is 8.28. The minimum atomic E-state index is -0.846. The first-order chi connectivity index (χ1) is 9.16. The molecule has 0 amide bonds. The van der Waals surface area contributed by atoms with Gasteiger partial charge in [0.1, 0.15) is 5.82 Å². The quantitative estimate of drug-likeness (QED) is 0.834. The average molecular weight is 263 g/mol. The van der Waals surface area contributed by atoms with Crippen LogP contribution in [0.2, 0.25) is 0 Å². The molecule has 0 radical (unpaired) electrons.